The highest BCUT2D eigenvalue weighted by Gasteiger charge is 2.30. The minimum absolute atomic E-state index is 0.114. The number of fused-ring (bicyclic) bond motifs is 7. The van der Waals surface area contributed by atoms with Gasteiger partial charge in [-0.15, -0.1) is 0 Å². The Balaban J connectivity index is 0.848. The first-order valence-corrected chi connectivity index (χ1v) is 29.7. The predicted molar refractivity (Wildman–Crippen MR) is 354 cm³/mol. The number of ether oxygens (including phenoxy) is 6. The smallest absolute Gasteiger partial charge is 0.128 e. The van der Waals surface area contributed by atoms with E-state index in [1.807, 2.05) is 60.7 Å². The van der Waals surface area contributed by atoms with Crippen LogP contribution in [0.3, 0.4) is 0 Å². The molecule has 0 saturated heterocycles. The van der Waals surface area contributed by atoms with Gasteiger partial charge in [-0.2, -0.15) is 0 Å². The van der Waals surface area contributed by atoms with Crippen LogP contribution in [0.5, 0.6) is 34.5 Å². The Morgan fingerprint density at radius 3 is 0.793 bits per heavy atom. The van der Waals surface area contributed by atoms with Crippen LogP contribution in [-0.2, 0) is 0 Å². The lowest BCUT2D eigenvalue weighted by atomic mass is 9.78. The molecule has 87 heavy (non-hydrogen) atoms. The molecular formula is C79H62O8. The summed E-state index contributed by atoms with van der Waals surface area (Å²) in [5.74, 6) is 3.76. The highest BCUT2D eigenvalue weighted by molar-refractivity contribution is 6.11. The van der Waals surface area contributed by atoms with E-state index in [1.54, 1.807) is 0 Å². The third-order valence-corrected chi connectivity index (χ3v) is 16.5. The van der Waals surface area contributed by atoms with Crippen molar-refractivity contribution in [2.75, 3.05) is 52.9 Å². The van der Waals surface area contributed by atoms with Gasteiger partial charge in [0, 0.05) is 39.3 Å². The molecule has 14 rings (SSSR count). The standard InChI is InChI=1S/C79H62O8/c80-44-46-82-67-38-32-53-17-2-9-25-60(53)73(67)75-62-27-11-4-19-55(62)34-40-69(75)84-48-50-86-71-42-36-57-21-6-13-29-64(57)77(71)79(66-31-15-23-52-16-1-8-24-59(52)66)78-65-30-14-7-22-58(65)37-43-72(78)87-51-49-85-70-41-35-56-20-5-12-28-63(56)76(70)74-61-26-10-3-18-54(61)33-39-68(74)83-47-45-81/h1-43,79-81H,44-51H2. The molecule has 0 aromatic heterocycles. The first-order chi connectivity index (χ1) is 43.1. The van der Waals surface area contributed by atoms with Crippen LogP contribution in [-0.4, -0.2) is 63.1 Å². The van der Waals surface area contributed by atoms with Crippen LogP contribution in [0.2, 0.25) is 0 Å². The number of rotatable bonds is 21. The number of hydrogen-bond donors (Lipinski definition) is 2. The minimum atomic E-state index is -0.410. The molecule has 8 nitrogen and oxygen atoms in total. The first kappa shape index (κ1) is 54.6. The van der Waals surface area contributed by atoms with Crippen molar-refractivity contribution < 1.29 is 38.6 Å². The molecule has 0 aliphatic rings. The Kier molecular flexibility index (Phi) is 15.5. The highest BCUT2D eigenvalue weighted by atomic mass is 16.5. The maximum atomic E-state index is 9.92. The van der Waals surface area contributed by atoms with Crippen LogP contribution in [0.15, 0.2) is 261 Å². The van der Waals surface area contributed by atoms with E-state index in [-0.39, 0.29) is 52.9 Å². The Morgan fingerprint density at radius 1 is 0.218 bits per heavy atom. The second-order valence-electron chi connectivity index (χ2n) is 21.6. The quantitative estimate of drug-likeness (QED) is 0.0543. The van der Waals surface area contributed by atoms with Gasteiger partial charge >= 0.3 is 0 Å². The fourth-order valence-corrected chi connectivity index (χ4v) is 12.8. The van der Waals surface area contributed by atoms with E-state index in [4.69, 9.17) is 28.4 Å². The molecule has 0 atom stereocenters. The summed E-state index contributed by atoms with van der Waals surface area (Å²) in [4.78, 5) is 0. The van der Waals surface area contributed by atoms with Crippen LogP contribution >= 0.6 is 0 Å². The molecule has 0 saturated carbocycles. The Morgan fingerprint density at radius 2 is 0.460 bits per heavy atom. The topological polar surface area (TPSA) is 95.8 Å². The van der Waals surface area contributed by atoms with Gasteiger partial charge in [-0.05, 0) is 117 Å². The van der Waals surface area contributed by atoms with Gasteiger partial charge < -0.3 is 38.6 Å². The molecule has 0 bridgehead atoms. The van der Waals surface area contributed by atoms with Crippen LogP contribution < -0.4 is 28.4 Å². The average Bonchev–Trinajstić information content (AvgIpc) is 1.53. The molecule has 0 unspecified atom stereocenters. The Bertz CT molecular complexity index is 4570. The molecule has 0 aliphatic heterocycles. The van der Waals surface area contributed by atoms with Crippen LogP contribution in [0.25, 0.3) is 97.7 Å². The van der Waals surface area contributed by atoms with E-state index in [0.717, 1.165) is 126 Å². The lowest BCUT2D eigenvalue weighted by Crippen LogP contribution is -2.15. The van der Waals surface area contributed by atoms with Crippen molar-refractivity contribution in [3.63, 3.8) is 0 Å². The zero-order valence-corrected chi connectivity index (χ0v) is 47.9. The summed E-state index contributed by atoms with van der Waals surface area (Å²) in [5, 5.41) is 34.7. The van der Waals surface area contributed by atoms with E-state index in [0.29, 0.717) is 23.0 Å². The summed E-state index contributed by atoms with van der Waals surface area (Å²) in [6, 6.07) is 90.4. The van der Waals surface area contributed by atoms with Crippen LogP contribution in [0.1, 0.15) is 22.6 Å². The van der Waals surface area contributed by atoms with Crippen molar-refractivity contribution in [3.8, 4) is 56.8 Å². The summed E-state index contributed by atoms with van der Waals surface area (Å²) >= 11 is 0. The van der Waals surface area contributed by atoms with Gasteiger partial charge in [0.15, 0.2) is 0 Å². The molecule has 0 fully saturated rings. The van der Waals surface area contributed by atoms with E-state index >= 15 is 0 Å². The van der Waals surface area contributed by atoms with E-state index in [9.17, 15) is 10.2 Å². The van der Waals surface area contributed by atoms with Crippen molar-refractivity contribution in [2.45, 2.75) is 5.92 Å². The largest absolute Gasteiger partial charge is 0.491 e. The molecule has 14 aromatic carbocycles. The summed E-state index contributed by atoms with van der Waals surface area (Å²) < 4.78 is 40.7. The zero-order valence-electron chi connectivity index (χ0n) is 47.9. The molecule has 2 N–H and O–H groups in total. The third kappa shape index (κ3) is 10.6. The van der Waals surface area contributed by atoms with Crippen LogP contribution in [0.4, 0.5) is 0 Å². The first-order valence-electron chi connectivity index (χ1n) is 29.7. The maximum Gasteiger partial charge on any atom is 0.128 e. The average molecular weight is 1140 g/mol. The fourth-order valence-electron chi connectivity index (χ4n) is 12.8. The van der Waals surface area contributed by atoms with Gasteiger partial charge in [0.1, 0.15) is 74.1 Å². The molecule has 0 heterocycles. The van der Waals surface area contributed by atoms with E-state index in [1.165, 1.54) is 0 Å². The highest BCUT2D eigenvalue weighted by Crippen LogP contribution is 2.51. The van der Waals surface area contributed by atoms with Gasteiger partial charge in [0.05, 0.1) is 13.2 Å². The second kappa shape index (κ2) is 24.7. The predicted octanol–water partition coefficient (Wildman–Crippen LogP) is 17.9. The van der Waals surface area contributed by atoms with Gasteiger partial charge in [-0.1, -0.05) is 224 Å². The monoisotopic (exact) mass is 1140 g/mol. The van der Waals surface area contributed by atoms with Crippen LogP contribution in [0, 0.1) is 0 Å². The van der Waals surface area contributed by atoms with Crippen molar-refractivity contribution >= 4 is 75.4 Å². The summed E-state index contributed by atoms with van der Waals surface area (Å²) in [5.41, 5.74) is 6.75. The zero-order chi connectivity index (χ0) is 58.5. The fraction of sp³-hybridized carbons (Fsp3) is 0.114. The lowest BCUT2D eigenvalue weighted by molar-refractivity contribution is 0.202. The molecule has 14 aromatic rings. The molecule has 426 valence electrons. The van der Waals surface area contributed by atoms with Gasteiger partial charge in [0.2, 0.25) is 0 Å². The van der Waals surface area contributed by atoms with Gasteiger partial charge in [0.25, 0.3) is 0 Å². The van der Waals surface area contributed by atoms with E-state index < -0.39 is 5.92 Å². The number of aliphatic hydroxyl groups excluding tert-OH is 2. The number of hydrogen-bond acceptors (Lipinski definition) is 8. The minimum Gasteiger partial charge on any atom is -0.491 e. The van der Waals surface area contributed by atoms with Gasteiger partial charge in [-0.25, -0.2) is 0 Å². The van der Waals surface area contributed by atoms with Crippen molar-refractivity contribution in [3.05, 3.63) is 278 Å². The Labute approximate surface area is 504 Å². The Hall–Kier alpha value is -10.4. The second-order valence-corrected chi connectivity index (χ2v) is 21.6. The summed E-state index contributed by atoms with van der Waals surface area (Å²) in [6.45, 7) is 0.988. The summed E-state index contributed by atoms with van der Waals surface area (Å²) in [7, 11) is 0. The normalized spacial score (nSPS) is 11.6. The third-order valence-electron chi connectivity index (χ3n) is 16.5. The molecule has 0 spiro atoms. The van der Waals surface area contributed by atoms with E-state index in [2.05, 4.69) is 200 Å². The van der Waals surface area contributed by atoms with Crippen molar-refractivity contribution in [1.82, 2.24) is 0 Å². The molecular weight excluding hydrogens is 1080 g/mol. The molecule has 8 heteroatoms. The lowest BCUT2D eigenvalue weighted by Gasteiger charge is -2.28. The molecule has 0 amide bonds. The summed E-state index contributed by atoms with van der Waals surface area (Å²) in [6.07, 6.45) is 0. The molecule has 0 radical (unpaired) electrons. The molecule has 0 aliphatic carbocycles. The van der Waals surface area contributed by atoms with Crippen molar-refractivity contribution in [1.29, 1.82) is 0 Å². The number of benzene rings is 14. The van der Waals surface area contributed by atoms with Gasteiger partial charge in [-0.3, -0.25) is 0 Å². The number of aliphatic hydroxyl groups is 2. The maximum absolute atomic E-state index is 9.92. The SMILES string of the molecule is OCCOc1ccc2ccccc2c1-c1c(OCCOc2ccc3ccccc3c2C(c2cccc3ccccc23)c2c(OCCOc3ccc4ccccc4c3-c3c(OCCO)ccc4ccccc34)ccc3ccccc23)ccc2ccccc12. The van der Waals surface area contributed by atoms with Crippen molar-refractivity contribution in [2.24, 2.45) is 0 Å².